The molecule has 1 aromatic carbocycles. The summed E-state index contributed by atoms with van der Waals surface area (Å²) in [5.41, 5.74) is 3.00. The third kappa shape index (κ3) is 1.70. The van der Waals surface area contributed by atoms with Crippen molar-refractivity contribution in [1.82, 2.24) is 0 Å². The third-order valence-corrected chi connectivity index (χ3v) is 4.60. The van der Waals surface area contributed by atoms with E-state index in [4.69, 9.17) is 0 Å². The quantitative estimate of drug-likeness (QED) is 0.462. The average Bonchev–Trinajstić information content (AvgIpc) is 2.57. The van der Waals surface area contributed by atoms with Crippen molar-refractivity contribution in [3.05, 3.63) is 38.1 Å². The van der Waals surface area contributed by atoms with Gasteiger partial charge >= 0.3 is 0 Å². The molecule has 0 N–H and O–H groups in total. The Labute approximate surface area is 116 Å². The van der Waals surface area contributed by atoms with Crippen LogP contribution in [-0.4, -0.2) is 10.5 Å². The van der Waals surface area contributed by atoms with Gasteiger partial charge in [-0.1, -0.05) is 20.8 Å². The first-order valence-corrected chi connectivity index (χ1v) is 7.32. The number of fused-ring (bicyclic) bond motifs is 1. The zero-order valence-corrected chi connectivity index (χ0v) is 12.7. The van der Waals surface area contributed by atoms with Crippen LogP contribution in [0.1, 0.15) is 51.2 Å². The van der Waals surface area contributed by atoms with Gasteiger partial charge in [0.1, 0.15) is 0 Å². The van der Waals surface area contributed by atoms with Gasteiger partial charge in [-0.2, -0.15) is 4.74 Å². The van der Waals surface area contributed by atoms with E-state index in [2.05, 4.69) is 61.6 Å². The highest BCUT2D eigenvalue weighted by molar-refractivity contribution is 14.1. The van der Waals surface area contributed by atoms with Gasteiger partial charge in [-0.25, -0.2) is 0 Å². The normalized spacial score (nSPS) is 17.4. The lowest BCUT2D eigenvalue weighted by Gasteiger charge is -2.27. The van der Waals surface area contributed by atoms with Gasteiger partial charge in [0.25, 0.3) is 0 Å². The maximum atomic E-state index is 12.6. The topological polar surface area (TPSA) is 26.1 Å². The third-order valence-electron chi connectivity index (χ3n) is 3.93. The Morgan fingerprint density at radius 2 is 1.88 bits per heavy atom. The van der Waals surface area contributed by atoms with Crippen LogP contribution in [0, 0.1) is 8.78 Å². The van der Waals surface area contributed by atoms with Crippen LogP contribution in [0.5, 0.6) is 0 Å². The van der Waals surface area contributed by atoms with Crippen molar-refractivity contribution in [3.63, 3.8) is 0 Å². The first-order valence-electron chi connectivity index (χ1n) is 6.24. The summed E-state index contributed by atoms with van der Waals surface area (Å²) in [5, 5.41) is 12.6. The minimum atomic E-state index is -0.331. The van der Waals surface area contributed by atoms with Crippen LogP contribution in [0.25, 0.3) is 0 Å². The van der Waals surface area contributed by atoms with E-state index in [-0.39, 0.29) is 5.54 Å². The van der Waals surface area contributed by atoms with E-state index in [1.807, 2.05) is 0 Å². The number of rotatable bonds is 3. The maximum absolute atomic E-state index is 12.6. The molecule has 0 radical (unpaired) electrons. The number of hydroxylamine groups is 1. The lowest BCUT2D eigenvalue weighted by Crippen LogP contribution is -2.33. The summed E-state index contributed by atoms with van der Waals surface area (Å²) in [5.74, 6) is 0. The number of nitrogens with zero attached hydrogens (tertiary/aromatic N) is 1. The lowest BCUT2D eigenvalue weighted by atomic mass is 9.84. The van der Waals surface area contributed by atoms with Crippen LogP contribution in [0.3, 0.4) is 0 Å². The molecular weight excluding hydrogens is 325 g/mol. The first-order chi connectivity index (χ1) is 8.10. The molecule has 0 atom stereocenters. The molecule has 0 aromatic heterocycles. The fourth-order valence-corrected chi connectivity index (χ4v) is 3.37. The Morgan fingerprint density at radius 1 is 1.24 bits per heavy atom. The molecule has 1 aliphatic heterocycles. The summed E-state index contributed by atoms with van der Waals surface area (Å²) in [7, 11) is 0. The van der Waals surface area contributed by atoms with Gasteiger partial charge < -0.3 is 5.21 Å². The van der Waals surface area contributed by atoms with Crippen LogP contribution < -0.4 is 0 Å². The first kappa shape index (κ1) is 12.9. The summed E-state index contributed by atoms with van der Waals surface area (Å²) in [6.45, 7) is 6.27. The minimum Gasteiger partial charge on any atom is -0.623 e. The van der Waals surface area contributed by atoms with Crippen LogP contribution in [0.15, 0.2) is 18.2 Å². The zero-order chi connectivity index (χ0) is 12.6. The summed E-state index contributed by atoms with van der Waals surface area (Å²) in [4.78, 5) is 0. The van der Waals surface area contributed by atoms with Gasteiger partial charge in [0, 0.05) is 28.4 Å². The summed E-state index contributed by atoms with van der Waals surface area (Å²) >= 11 is 2.32. The van der Waals surface area contributed by atoms with Crippen LogP contribution >= 0.6 is 22.6 Å². The zero-order valence-electron chi connectivity index (χ0n) is 10.6. The Morgan fingerprint density at radius 3 is 2.41 bits per heavy atom. The summed E-state index contributed by atoms with van der Waals surface area (Å²) < 4.78 is 2.48. The van der Waals surface area contributed by atoms with E-state index in [1.54, 1.807) is 0 Å². The molecule has 17 heavy (non-hydrogen) atoms. The van der Waals surface area contributed by atoms with Crippen LogP contribution in [0.2, 0.25) is 0 Å². The van der Waals surface area contributed by atoms with Crippen molar-refractivity contribution in [3.8, 4) is 0 Å². The van der Waals surface area contributed by atoms with Gasteiger partial charge in [0.05, 0.1) is 5.56 Å². The number of hydrogen-bond donors (Lipinski definition) is 0. The molecule has 3 heteroatoms. The molecule has 1 heterocycles. The highest BCUT2D eigenvalue weighted by atomic mass is 127. The smallest absolute Gasteiger partial charge is 0.198 e. The van der Waals surface area contributed by atoms with E-state index < -0.39 is 0 Å². The predicted molar refractivity (Wildman–Crippen MR) is 79.4 cm³/mol. The predicted octanol–water partition coefficient (Wildman–Crippen LogP) is 4.03. The van der Waals surface area contributed by atoms with E-state index in [1.165, 1.54) is 13.9 Å². The molecule has 1 aliphatic rings. The van der Waals surface area contributed by atoms with Crippen LogP contribution in [0.4, 0.5) is 0 Å². The number of benzene rings is 1. The molecule has 92 valence electrons. The molecule has 0 aliphatic carbocycles. The van der Waals surface area contributed by atoms with Crippen molar-refractivity contribution in [2.45, 2.75) is 45.6 Å². The van der Waals surface area contributed by atoms with E-state index in [9.17, 15) is 5.21 Å². The van der Waals surface area contributed by atoms with Gasteiger partial charge in [0.2, 0.25) is 0 Å². The van der Waals surface area contributed by atoms with Crippen molar-refractivity contribution >= 4 is 28.3 Å². The number of hydrogen-bond acceptors (Lipinski definition) is 1. The second-order valence-corrected chi connectivity index (χ2v) is 5.77. The molecule has 1 aromatic rings. The molecule has 0 amide bonds. The monoisotopic (exact) mass is 343 g/mol. The van der Waals surface area contributed by atoms with Gasteiger partial charge in [0.15, 0.2) is 11.3 Å². The minimum absolute atomic E-state index is 0.331. The molecule has 0 saturated carbocycles. The summed E-state index contributed by atoms with van der Waals surface area (Å²) in [6.07, 6.45) is 2.53. The molecule has 0 bridgehead atoms. The van der Waals surface area contributed by atoms with Crippen molar-refractivity contribution in [2.75, 3.05) is 0 Å². The average molecular weight is 343 g/mol. The van der Waals surface area contributed by atoms with Gasteiger partial charge in [-0.05, 0) is 40.8 Å². The maximum Gasteiger partial charge on any atom is 0.198 e. The molecule has 0 spiro atoms. The Kier molecular flexibility index (Phi) is 3.48. The van der Waals surface area contributed by atoms with Crippen molar-refractivity contribution in [2.24, 2.45) is 0 Å². The van der Waals surface area contributed by atoms with Crippen LogP contribution in [-0.2, 0) is 5.54 Å². The highest BCUT2D eigenvalue weighted by Crippen LogP contribution is 2.41. The van der Waals surface area contributed by atoms with Crippen molar-refractivity contribution < 1.29 is 4.74 Å². The second-order valence-electron chi connectivity index (χ2n) is 4.52. The van der Waals surface area contributed by atoms with E-state index in [0.717, 1.165) is 30.5 Å². The molecule has 2 rings (SSSR count). The molecule has 2 nitrogen and oxygen atoms in total. The molecule has 0 fully saturated rings. The van der Waals surface area contributed by atoms with Gasteiger partial charge in [-0.15, -0.1) is 0 Å². The Hall–Kier alpha value is -0.580. The fraction of sp³-hybridized carbons (Fsp3) is 0.500. The largest absolute Gasteiger partial charge is 0.623 e. The lowest BCUT2D eigenvalue weighted by molar-refractivity contribution is -0.557. The molecule has 0 unspecified atom stereocenters. The van der Waals surface area contributed by atoms with E-state index >= 15 is 0 Å². The van der Waals surface area contributed by atoms with E-state index in [0.29, 0.717) is 0 Å². The fourth-order valence-electron chi connectivity index (χ4n) is 2.88. The SMILES string of the molecule is CCC1=[N+]([O-])C(CC)(CC)c2cc(I)ccc21. The van der Waals surface area contributed by atoms with Crippen molar-refractivity contribution in [1.29, 1.82) is 0 Å². The standard InChI is InChI=1S/C14H18INO/c1-4-13-11-8-7-10(15)9-12(11)14(5-2,6-3)16(13)17/h7-9H,4-6H2,1-3H3. The number of halogens is 1. The second kappa shape index (κ2) is 4.59. The Balaban J connectivity index is 2.72. The molecule has 0 saturated heterocycles. The molecular formula is C14H18INO. The Bertz CT molecular complexity index is 475. The summed E-state index contributed by atoms with van der Waals surface area (Å²) in [6, 6.07) is 6.37. The van der Waals surface area contributed by atoms with Gasteiger partial charge in [-0.3, -0.25) is 0 Å². The highest BCUT2D eigenvalue weighted by Gasteiger charge is 2.46.